The van der Waals surface area contributed by atoms with Gasteiger partial charge in [-0.05, 0) is 12.8 Å². The van der Waals surface area contributed by atoms with E-state index in [1.807, 2.05) is 0 Å². The number of nitrogens with zero attached hydrogens (tertiary/aromatic N) is 1. The van der Waals surface area contributed by atoms with Gasteiger partial charge in [0.05, 0.1) is 0 Å². The fourth-order valence-corrected chi connectivity index (χ4v) is 2.95. The molecule has 0 aromatic heterocycles. The molecule has 1 unspecified atom stereocenters. The van der Waals surface area contributed by atoms with E-state index in [-0.39, 0.29) is 11.8 Å². The van der Waals surface area contributed by atoms with E-state index in [9.17, 15) is 13.2 Å². The van der Waals surface area contributed by atoms with Crippen molar-refractivity contribution in [2.24, 2.45) is 11.3 Å². The molecule has 0 radical (unpaired) electrons. The first kappa shape index (κ1) is 9.01. The Hall–Kier alpha value is -0.250. The van der Waals surface area contributed by atoms with Gasteiger partial charge in [-0.25, -0.2) is 13.2 Å². The van der Waals surface area contributed by atoms with Gasteiger partial charge in [0.15, 0.2) is 0 Å². The fraction of sp³-hybridized carbons (Fsp3) is 1.00. The molecule has 4 heteroatoms. The molecule has 1 atom stereocenters. The Labute approximate surface area is 81.3 Å². The molecular weight excluding hydrogens is 191 g/mol. The Kier molecular flexibility index (Phi) is 1.58. The van der Waals surface area contributed by atoms with Crippen molar-refractivity contribution >= 4 is 0 Å². The molecule has 3 aliphatic rings. The van der Waals surface area contributed by atoms with E-state index in [2.05, 4.69) is 4.90 Å². The maximum atomic E-state index is 12.6. The summed E-state index contributed by atoms with van der Waals surface area (Å²) in [5.74, 6) is -2.81. The molecule has 1 aliphatic heterocycles. The van der Waals surface area contributed by atoms with Crippen LogP contribution in [0.2, 0.25) is 0 Å². The van der Waals surface area contributed by atoms with E-state index in [1.54, 1.807) is 0 Å². The maximum Gasteiger partial charge on any atom is 0.252 e. The van der Waals surface area contributed by atoms with Crippen molar-refractivity contribution < 1.29 is 13.2 Å². The van der Waals surface area contributed by atoms with Gasteiger partial charge in [-0.3, -0.25) is 0 Å². The topological polar surface area (TPSA) is 3.24 Å². The summed E-state index contributed by atoms with van der Waals surface area (Å²) in [5.41, 5.74) is 0.184. The standard InChI is InChI=1S/C10H14F3N/c11-8-2-9(3-8)5-14(6-9)4-7-1-10(7,12)13/h7-8H,1-6H2. The van der Waals surface area contributed by atoms with Crippen LogP contribution >= 0.6 is 0 Å². The molecule has 0 bridgehead atoms. The molecule has 1 spiro atoms. The number of likely N-dealkylation sites (tertiary alicyclic amines) is 1. The monoisotopic (exact) mass is 205 g/mol. The van der Waals surface area contributed by atoms with E-state index in [0.29, 0.717) is 19.4 Å². The van der Waals surface area contributed by atoms with Gasteiger partial charge in [-0.15, -0.1) is 0 Å². The highest BCUT2D eigenvalue weighted by molar-refractivity contribution is 5.07. The lowest BCUT2D eigenvalue weighted by atomic mass is 9.62. The van der Waals surface area contributed by atoms with Crippen molar-refractivity contribution in [1.29, 1.82) is 0 Å². The molecule has 3 rings (SSSR count). The van der Waals surface area contributed by atoms with E-state index in [0.717, 1.165) is 13.1 Å². The fourth-order valence-electron chi connectivity index (χ4n) is 2.95. The second-order valence-electron chi connectivity index (χ2n) is 5.34. The zero-order valence-corrected chi connectivity index (χ0v) is 7.98. The van der Waals surface area contributed by atoms with Gasteiger partial charge in [0, 0.05) is 37.4 Å². The second kappa shape index (κ2) is 2.46. The SMILES string of the molecule is FC1CC2(C1)CN(CC1CC1(F)F)C2. The van der Waals surface area contributed by atoms with Crippen LogP contribution in [0.4, 0.5) is 13.2 Å². The minimum Gasteiger partial charge on any atom is -0.302 e. The first-order valence-electron chi connectivity index (χ1n) is 5.23. The van der Waals surface area contributed by atoms with Crippen molar-refractivity contribution in [1.82, 2.24) is 4.90 Å². The maximum absolute atomic E-state index is 12.6. The minimum absolute atomic E-state index is 0.0578. The smallest absolute Gasteiger partial charge is 0.252 e. The number of alkyl halides is 3. The molecule has 3 fully saturated rings. The van der Waals surface area contributed by atoms with Gasteiger partial charge in [-0.2, -0.15) is 0 Å². The molecular formula is C10H14F3N. The highest BCUT2D eigenvalue weighted by Crippen LogP contribution is 2.53. The van der Waals surface area contributed by atoms with E-state index in [4.69, 9.17) is 0 Å². The molecule has 0 N–H and O–H groups in total. The highest BCUT2D eigenvalue weighted by atomic mass is 19.3. The predicted octanol–water partition coefficient (Wildman–Crippen LogP) is 2.08. The zero-order chi connectivity index (χ0) is 9.97. The molecule has 0 aromatic carbocycles. The third kappa shape index (κ3) is 1.27. The van der Waals surface area contributed by atoms with E-state index in [1.165, 1.54) is 0 Å². The first-order chi connectivity index (χ1) is 6.49. The summed E-state index contributed by atoms with van der Waals surface area (Å²) < 4.78 is 37.8. The Morgan fingerprint density at radius 2 is 1.71 bits per heavy atom. The third-order valence-corrected chi connectivity index (χ3v) is 3.86. The summed E-state index contributed by atoms with van der Waals surface area (Å²) in [6.07, 6.45) is 0.747. The predicted molar refractivity (Wildman–Crippen MR) is 46.1 cm³/mol. The van der Waals surface area contributed by atoms with Crippen molar-refractivity contribution in [2.75, 3.05) is 19.6 Å². The normalized spacial score (nSPS) is 39.2. The van der Waals surface area contributed by atoms with Gasteiger partial charge >= 0.3 is 0 Å². The van der Waals surface area contributed by atoms with Crippen LogP contribution in [0.25, 0.3) is 0 Å². The van der Waals surface area contributed by atoms with Gasteiger partial charge in [0.1, 0.15) is 6.17 Å². The summed E-state index contributed by atoms with van der Waals surface area (Å²) in [4.78, 5) is 2.05. The van der Waals surface area contributed by atoms with Crippen molar-refractivity contribution in [3.05, 3.63) is 0 Å². The molecule has 80 valence electrons. The zero-order valence-electron chi connectivity index (χ0n) is 7.98. The van der Waals surface area contributed by atoms with Crippen LogP contribution in [0, 0.1) is 11.3 Å². The molecule has 1 heterocycles. The molecule has 14 heavy (non-hydrogen) atoms. The van der Waals surface area contributed by atoms with Gasteiger partial charge in [0.2, 0.25) is 0 Å². The lowest BCUT2D eigenvalue weighted by Gasteiger charge is -2.57. The third-order valence-electron chi connectivity index (χ3n) is 3.86. The molecule has 1 saturated heterocycles. The summed E-state index contributed by atoms with van der Waals surface area (Å²) in [7, 11) is 0. The van der Waals surface area contributed by atoms with Gasteiger partial charge < -0.3 is 4.90 Å². The summed E-state index contributed by atoms with van der Waals surface area (Å²) in [5, 5.41) is 0. The van der Waals surface area contributed by atoms with Crippen molar-refractivity contribution in [3.8, 4) is 0 Å². The summed E-state index contributed by atoms with van der Waals surface area (Å²) >= 11 is 0. The second-order valence-corrected chi connectivity index (χ2v) is 5.34. The molecule has 0 aromatic rings. The van der Waals surface area contributed by atoms with E-state index < -0.39 is 18.0 Å². The van der Waals surface area contributed by atoms with Crippen molar-refractivity contribution in [3.63, 3.8) is 0 Å². The lowest BCUT2D eigenvalue weighted by Crippen LogP contribution is -2.63. The first-order valence-corrected chi connectivity index (χ1v) is 5.23. The van der Waals surface area contributed by atoms with Crippen LogP contribution in [0.5, 0.6) is 0 Å². The summed E-state index contributed by atoms with van der Waals surface area (Å²) in [6, 6.07) is 0. The van der Waals surface area contributed by atoms with Crippen LogP contribution in [0.3, 0.4) is 0 Å². The molecule has 1 nitrogen and oxygen atoms in total. The lowest BCUT2D eigenvalue weighted by molar-refractivity contribution is -0.106. The van der Waals surface area contributed by atoms with Gasteiger partial charge in [0.25, 0.3) is 5.92 Å². The molecule has 2 aliphatic carbocycles. The molecule has 2 saturated carbocycles. The Balaban J connectivity index is 1.43. The average molecular weight is 205 g/mol. The number of hydrogen-bond donors (Lipinski definition) is 0. The number of rotatable bonds is 2. The largest absolute Gasteiger partial charge is 0.302 e. The van der Waals surface area contributed by atoms with Gasteiger partial charge in [-0.1, -0.05) is 0 Å². The van der Waals surface area contributed by atoms with Crippen molar-refractivity contribution in [2.45, 2.75) is 31.4 Å². The van der Waals surface area contributed by atoms with Crippen LogP contribution in [-0.2, 0) is 0 Å². The Morgan fingerprint density at radius 1 is 1.14 bits per heavy atom. The highest BCUT2D eigenvalue weighted by Gasteiger charge is 2.60. The average Bonchev–Trinajstić information content (AvgIpc) is 2.51. The van der Waals surface area contributed by atoms with Crippen LogP contribution in [0.15, 0.2) is 0 Å². The summed E-state index contributed by atoms with van der Waals surface area (Å²) in [6.45, 7) is 2.21. The number of hydrogen-bond acceptors (Lipinski definition) is 1. The minimum atomic E-state index is -2.40. The Bertz CT molecular complexity index is 252. The quantitative estimate of drug-likeness (QED) is 0.667. The van der Waals surface area contributed by atoms with Crippen LogP contribution in [0.1, 0.15) is 19.3 Å². The Morgan fingerprint density at radius 3 is 2.14 bits per heavy atom. The van der Waals surface area contributed by atoms with E-state index >= 15 is 0 Å². The number of halogens is 3. The van der Waals surface area contributed by atoms with Crippen LogP contribution in [-0.4, -0.2) is 36.6 Å². The van der Waals surface area contributed by atoms with Crippen LogP contribution < -0.4 is 0 Å². The molecule has 0 amide bonds.